The second-order valence-electron chi connectivity index (χ2n) is 9.63. The summed E-state index contributed by atoms with van der Waals surface area (Å²) < 4.78 is 12.1. The largest absolute Gasteiger partial charge is 0.491 e. The fourth-order valence-corrected chi connectivity index (χ4v) is 4.68. The number of hydrogen-bond acceptors (Lipinski definition) is 5. The first kappa shape index (κ1) is 23.0. The molecule has 1 atom stereocenters. The lowest BCUT2D eigenvalue weighted by Crippen LogP contribution is -2.61. The maximum absolute atomic E-state index is 13.1. The van der Waals surface area contributed by atoms with Gasteiger partial charge in [-0.3, -0.25) is 9.69 Å². The molecule has 1 N–H and O–H groups in total. The first-order valence-electron chi connectivity index (χ1n) is 11.3. The minimum Gasteiger partial charge on any atom is -0.491 e. The summed E-state index contributed by atoms with van der Waals surface area (Å²) in [6.45, 7) is 14.5. The lowest BCUT2D eigenvalue weighted by molar-refractivity contribution is -0.183. The van der Waals surface area contributed by atoms with Gasteiger partial charge in [-0.1, -0.05) is 13.8 Å². The Morgan fingerprint density at radius 3 is 2.53 bits per heavy atom. The van der Waals surface area contributed by atoms with Crippen molar-refractivity contribution in [1.82, 2.24) is 9.80 Å². The van der Waals surface area contributed by atoms with Crippen LogP contribution in [0.2, 0.25) is 0 Å². The molecule has 0 saturated carbocycles. The Labute approximate surface area is 181 Å². The summed E-state index contributed by atoms with van der Waals surface area (Å²) >= 11 is 0. The van der Waals surface area contributed by atoms with E-state index in [2.05, 4.69) is 18.7 Å². The van der Waals surface area contributed by atoms with Crippen molar-refractivity contribution < 1.29 is 19.4 Å². The maximum atomic E-state index is 13.1. The van der Waals surface area contributed by atoms with Crippen LogP contribution in [0.4, 0.5) is 0 Å². The van der Waals surface area contributed by atoms with Crippen LogP contribution in [0.1, 0.15) is 56.5 Å². The highest BCUT2D eigenvalue weighted by atomic mass is 16.5. The Bertz CT molecular complexity index is 726. The molecule has 2 saturated heterocycles. The molecule has 1 aromatic rings. The van der Waals surface area contributed by atoms with E-state index in [9.17, 15) is 9.90 Å². The molecule has 0 radical (unpaired) electrons. The summed E-state index contributed by atoms with van der Waals surface area (Å²) in [4.78, 5) is 17.4. The van der Waals surface area contributed by atoms with Crippen molar-refractivity contribution in [3.63, 3.8) is 0 Å². The SMILES string of the molecule is Cc1cc(C(=O)N2CCC3(CC2)CN(CC(C)C)CC(CO)O3)ccc1OC(C)C. The molecule has 30 heavy (non-hydrogen) atoms. The monoisotopic (exact) mass is 418 g/mol. The number of ether oxygens (including phenoxy) is 2. The number of aryl methyl sites for hydroxylation is 1. The number of benzene rings is 1. The Morgan fingerprint density at radius 2 is 1.97 bits per heavy atom. The molecule has 0 aliphatic carbocycles. The number of aliphatic hydroxyl groups excluding tert-OH is 1. The smallest absolute Gasteiger partial charge is 0.253 e. The first-order valence-corrected chi connectivity index (χ1v) is 11.3. The highest BCUT2D eigenvalue weighted by Gasteiger charge is 2.43. The molecule has 1 amide bonds. The van der Waals surface area contributed by atoms with E-state index in [4.69, 9.17) is 9.47 Å². The van der Waals surface area contributed by atoms with Gasteiger partial charge in [0.1, 0.15) is 5.75 Å². The van der Waals surface area contributed by atoms with Gasteiger partial charge in [-0.2, -0.15) is 0 Å². The summed E-state index contributed by atoms with van der Waals surface area (Å²) in [7, 11) is 0. The molecule has 6 nitrogen and oxygen atoms in total. The lowest BCUT2D eigenvalue weighted by atomic mass is 9.88. The average Bonchev–Trinajstić information content (AvgIpc) is 2.68. The summed E-state index contributed by atoms with van der Waals surface area (Å²) in [6.07, 6.45) is 1.57. The predicted octanol–water partition coefficient (Wildman–Crippen LogP) is 3.11. The molecule has 1 spiro atoms. The number of carbonyl (C=O) groups is 1. The van der Waals surface area contributed by atoms with Crippen molar-refractivity contribution >= 4 is 5.91 Å². The van der Waals surface area contributed by atoms with Crippen LogP contribution in [-0.2, 0) is 4.74 Å². The number of rotatable bonds is 6. The summed E-state index contributed by atoms with van der Waals surface area (Å²) in [6, 6.07) is 5.68. The quantitative estimate of drug-likeness (QED) is 0.769. The van der Waals surface area contributed by atoms with Gasteiger partial charge in [0.15, 0.2) is 0 Å². The Kier molecular flexibility index (Phi) is 7.43. The van der Waals surface area contributed by atoms with E-state index in [-0.39, 0.29) is 30.3 Å². The van der Waals surface area contributed by atoms with Gasteiger partial charge < -0.3 is 19.5 Å². The van der Waals surface area contributed by atoms with E-state index < -0.39 is 0 Å². The summed E-state index contributed by atoms with van der Waals surface area (Å²) in [5.41, 5.74) is 1.43. The number of morpholine rings is 1. The predicted molar refractivity (Wildman–Crippen MR) is 118 cm³/mol. The van der Waals surface area contributed by atoms with Crippen molar-refractivity contribution in [3.05, 3.63) is 29.3 Å². The molecule has 2 heterocycles. The Hall–Kier alpha value is -1.63. The van der Waals surface area contributed by atoms with Crippen LogP contribution in [0.5, 0.6) is 5.75 Å². The van der Waals surface area contributed by atoms with E-state index in [1.807, 2.05) is 43.9 Å². The van der Waals surface area contributed by atoms with Crippen LogP contribution in [0.15, 0.2) is 18.2 Å². The second-order valence-corrected chi connectivity index (χ2v) is 9.63. The van der Waals surface area contributed by atoms with E-state index >= 15 is 0 Å². The highest BCUT2D eigenvalue weighted by Crippen LogP contribution is 2.33. The molecular formula is C24H38N2O4. The fraction of sp³-hybridized carbons (Fsp3) is 0.708. The van der Waals surface area contributed by atoms with Crippen LogP contribution < -0.4 is 4.74 Å². The number of piperidine rings is 1. The second kappa shape index (κ2) is 9.67. The van der Waals surface area contributed by atoms with Gasteiger partial charge in [-0.05, 0) is 63.3 Å². The number of amides is 1. The van der Waals surface area contributed by atoms with Gasteiger partial charge in [-0.25, -0.2) is 0 Å². The highest BCUT2D eigenvalue weighted by molar-refractivity contribution is 5.94. The van der Waals surface area contributed by atoms with Crippen molar-refractivity contribution in [1.29, 1.82) is 0 Å². The fourth-order valence-electron chi connectivity index (χ4n) is 4.68. The minimum absolute atomic E-state index is 0.0447. The maximum Gasteiger partial charge on any atom is 0.253 e. The molecular weight excluding hydrogens is 380 g/mol. The molecule has 0 bridgehead atoms. The van der Waals surface area contributed by atoms with Gasteiger partial charge in [0.05, 0.1) is 24.4 Å². The van der Waals surface area contributed by atoms with Gasteiger partial charge in [0.25, 0.3) is 5.91 Å². The molecule has 1 unspecified atom stereocenters. The zero-order chi connectivity index (χ0) is 21.9. The number of hydrogen-bond donors (Lipinski definition) is 1. The summed E-state index contributed by atoms with van der Waals surface area (Å²) in [5.74, 6) is 1.47. The third-order valence-corrected chi connectivity index (χ3v) is 5.96. The number of likely N-dealkylation sites (tertiary alicyclic amines) is 1. The molecule has 168 valence electrons. The van der Waals surface area contributed by atoms with Gasteiger partial charge in [-0.15, -0.1) is 0 Å². The van der Waals surface area contributed by atoms with E-state index in [1.165, 1.54) is 0 Å². The first-order chi connectivity index (χ1) is 14.2. The number of aliphatic hydroxyl groups is 1. The lowest BCUT2D eigenvalue weighted by Gasteiger charge is -2.50. The third kappa shape index (κ3) is 5.54. The Balaban J connectivity index is 1.64. The number of carbonyl (C=O) groups excluding carboxylic acids is 1. The third-order valence-electron chi connectivity index (χ3n) is 5.96. The molecule has 0 aromatic heterocycles. The van der Waals surface area contributed by atoms with Crippen LogP contribution >= 0.6 is 0 Å². The Morgan fingerprint density at radius 1 is 1.27 bits per heavy atom. The van der Waals surface area contributed by atoms with E-state index in [0.717, 1.165) is 43.8 Å². The normalized spacial score (nSPS) is 22.1. The summed E-state index contributed by atoms with van der Waals surface area (Å²) in [5, 5.41) is 9.72. The minimum atomic E-state index is -0.262. The van der Waals surface area contributed by atoms with Crippen molar-refractivity contribution in [2.75, 3.05) is 39.3 Å². The van der Waals surface area contributed by atoms with Crippen molar-refractivity contribution in [2.24, 2.45) is 5.92 Å². The van der Waals surface area contributed by atoms with Crippen LogP contribution in [-0.4, -0.2) is 78.0 Å². The average molecular weight is 419 g/mol. The molecule has 2 aliphatic rings. The number of nitrogens with zero attached hydrogens (tertiary/aromatic N) is 2. The van der Waals surface area contributed by atoms with Gasteiger partial charge in [0.2, 0.25) is 0 Å². The molecule has 6 heteroatoms. The molecule has 2 aliphatic heterocycles. The topological polar surface area (TPSA) is 62.2 Å². The van der Waals surface area contributed by atoms with E-state index in [1.54, 1.807) is 0 Å². The van der Waals surface area contributed by atoms with Gasteiger partial charge in [0, 0.05) is 38.3 Å². The van der Waals surface area contributed by atoms with Crippen LogP contribution in [0.25, 0.3) is 0 Å². The zero-order valence-electron chi connectivity index (χ0n) is 19.2. The van der Waals surface area contributed by atoms with Crippen molar-refractivity contribution in [3.8, 4) is 5.75 Å². The van der Waals surface area contributed by atoms with Crippen LogP contribution in [0.3, 0.4) is 0 Å². The zero-order valence-corrected chi connectivity index (χ0v) is 19.2. The standard InChI is InChI=1S/C24H38N2O4/c1-17(2)13-25-14-21(15-27)30-24(16-25)8-10-26(11-9-24)23(28)20-6-7-22(19(5)12-20)29-18(3)4/h6-7,12,17-18,21,27H,8-11,13-16H2,1-5H3. The van der Waals surface area contributed by atoms with Gasteiger partial charge >= 0.3 is 0 Å². The van der Waals surface area contributed by atoms with Crippen LogP contribution in [0, 0.1) is 12.8 Å². The molecule has 2 fully saturated rings. The van der Waals surface area contributed by atoms with E-state index in [0.29, 0.717) is 24.6 Å². The van der Waals surface area contributed by atoms with Crippen molar-refractivity contribution in [2.45, 2.75) is 65.3 Å². The molecule has 3 rings (SSSR count). The molecule has 1 aromatic carbocycles.